The molecule has 0 fully saturated rings. The highest BCUT2D eigenvalue weighted by Crippen LogP contribution is 2.23. The fourth-order valence-corrected chi connectivity index (χ4v) is 4.66. The number of imidazole rings is 1. The van der Waals surface area contributed by atoms with E-state index < -0.39 is 9.84 Å². The van der Waals surface area contributed by atoms with E-state index in [0.717, 1.165) is 16.8 Å². The number of aromatic nitrogens is 2. The number of fused-ring (bicyclic) bond motifs is 1. The summed E-state index contributed by atoms with van der Waals surface area (Å²) in [4.78, 5) is 4.43. The molecule has 0 bridgehead atoms. The number of sulfone groups is 1. The highest BCUT2D eigenvalue weighted by molar-refractivity contribution is 7.90. The highest BCUT2D eigenvalue weighted by atomic mass is 32.2. The van der Waals surface area contributed by atoms with Crippen LogP contribution in [0.1, 0.15) is 5.56 Å². The molecule has 5 nitrogen and oxygen atoms in total. The Kier molecular flexibility index (Phi) is 5.12. The summed E-state index contributed by atoms with van der Waals surface area (Å²) in [6.07, 6.45) is 0. The van der Waals surface area contributed by atoms with E-state index in [1.165, 1.54) is 0 Å². The summed E-state index contributed by atoms with van der Waals surface area (Å²) in [6.45, 7) is 0.733. The first-order valence-corrected chi connectivity index (χ1v) is 10.7. The van der Waals surface area contributed by atoms with Crippen molar-refractivity contribution in [1.29, 1.82) is 0 Å². The zero-order valence-corrected chi connectivity index (χ0v) is 16.0. The maximum atomic E-state index is 13.1. The molecule has 0 spiro atoms. The normalized spacial score (nSPS) is 11.6. The van der Waals surface area contributed by atoms with Crippen LogP contribution < -0.4 is 4.74 Å². The zero-order valence-electron chi connectivity index (χ0n) is 15.2. The van der Waals surface area contributed by atoms with Crippen LogP contribution in [-0.4, -0.2) is 24.6 Å². The molecule has 4 aromatic rings. The number of benzene rings is 3. The number of ether oxygens (including phenoxy) is 1. The lowest BCUT2D eigenvalue weighted by Gasteiger charge is -2.11. The Morgan fingerprint density at radius 2 is 1.46 bits per heavy atom. The smallest absolute Gasteiger partial charge is 0.229 e. The average Bonchev–Trinajstić information content (AvgIpc) is 3.09. The maximum Gasteiger partial charge on any atom is 0.229 e. The van der Waals surface area contributed by atoms with Gasteiger partial charge in [-0.25, -0.2) is 13.4 Å². The summed E-state index contributed by atoms with van der Waals surface area (Å²) in [6, 6.07) is 26.1. The molecule has 0 atom stereocenters. The summed E-state index contributed by atoms with van der Waals surface area (Å²) in [5, 5.41) is 0.0780. The molecule has 0 radical (unpaired) electrons. The van der Waals surface area contributed by atoms with Crippen molar-refractivity contribution in [2.45, 2.75) is 17.5 Å². The Labute approximate surface area is 164 Å². The number of hydrogen-bond donors (Lipinski definition) is 0. The minimum Gasteiger partial charge on any atom is -0.492 e. The van der Waals surface area contributed by atoms with Gasteiger partial charge in [0.15, 0.2) is 0 Å². The standard InChI is InChI=1S/C22H20N2O3S/c25-28(26,17-18-9-3-1-4-10-18)22-23-20-13-7-8-14-21(20)24(22)15-16-27-19-11-5-2-6-12-19/h1-14H,15-17H2. The van der Waals surface area contributed by atoms with Crippen molar-refractivity contribution in [3.63, 3.8) is 0 Å². The summed E-state index contributed by atoms with van der Waals surface area (Å²) >= 11 is 0. The van der Waals surface area contributed by atoms with Crippen molar-refractivity contribution < 1.29 is 13.2 Å². The van der Waals surface area contributed by atoms with Gasteiger partial charge in [-0.3, -0.25) is 0 Å². The lowest BCUT2D eigenvalue weighted by Crippen LogP contribution is -2.16. The molecule has 1 heterocycles. The summed E-state index contributed by atoms with van der Waals surface area (Å²) in [5.41, 5.74) is 2.18. The first-order valence-electron chi connectivity index (χ1n) is 9.03. The van der Waals surface area contributed by atoms with Gasteiger partial charge in [0.05, 0.1) is 23.3 Å². The predicted octanol–water partition coefficient (Wildman–Crippen LogP) is 4.09. The van der Waals surface area contributed by atoms with Crippen molar-refractivity contribution >= 4 is 20.9 Å². The van der Waals surface area contributed by atoms with Gasteiger partial charge in [0.2, 0.25) is 15.0 Å². The highest BCUT2D eigenvalue weighted by Gasteiger charge is 2.24. The van der Waals surface area contributed by atoms with E-state index in [1.54, 1.807) is 4.57 Å². The van der Waals surface area contributed by atoms with Crippen molar-refractivity contribution in [1.82, 2.24) is 9.55 Å². The van der Waals surface area contributed by atoms with E-state index >= 15 is 0 Å². The SMILES string of the molecule is O=S(=O)(Cc1ccccc1)c1nc2ccccc2n1CCOc1ccccc1. The molecule has 0 aliphatic heterocycles. The van der Waals surface area contributed by atoms with Gasteiger partial charge in [0.1, 0.15) is 12.4 Å². The molecule has 0 saturated carbocycles. The lowest BCUT2D eigenvalue weighted by atomic mass is 10.2. The molecule has 4 rings (SSSR count). The van der Waals surface area contributed by atoms with Gasteiger partial charge in [0.25, 0.3) is 0 Å². The Morgan fingerprint density at radius 1 is 0.821 bits per heavy atom. The van der Waals surface area contributed by atoms with Gasteiger partial charge in [0, 0.05) is 0 Å². The molecular formula is C22H20N2O3S. The lowest BCUT2D eigenvalue weighted by molar-refractivity contribution is 0.295. The second-order valence-corrected chi connectivity index (χ2v) is 8.32. The topological polar surface area (TPSA) is 61.2 Å². The molecule has 6 heteroatoms. The predicted molar refractivity (Wildman–Crippen MR) is 109 cm³/mol. The number of nitrogens with zero attached hydrogens (tertiary/aromatic N) is 2. The summed E-state index contributed by atoms with van der Waals surface area (Å²) in [7, 11) is -3.60. The van der Waals surface area contributed by atoms with E-state index in [-0.39, 0.29) is 10.9 Å². The molecule has 28 heavy (non-hydrogen) atoms. The second kappa shape index (κ2) is 7.86. The van der Waals surface area contributed by atoms with Gasteiger partial charge in [-0.15, -0.1) is 0 Å². The third-order valence-corrected chi connectivity index (χ3v) is 6.01. The molecule has 0 amide bonds. The Morgan fingerprint density at radius 3 is 2.21 bits per heavy atom. The average molecular weight is 392 g/mol. The molecule has 0 saturated heterocycles. The first-order chi connectivity index (χ1) is 13.6. The largest absolute Gasteiger partial charge is 0.492 e. The van der Waals surface area contributed by atoms with Crippen LogP contribution in [0.3, 0.4) is 0 Å². The molecule has 3 aromatic carbocycles. The molecule has 0 N–H and O–H groups in total. The second-order valence-electron chi connectivity index (χ2n) is 6.44. The number of rotatable bonds is 7. The molecule has 0 aliphatic rings. The van der Waals surface area contributed by atoms with E-state index in [2.05, 4.69) is 4.98 Å². The minimum atomic E-state index is -3.60. The van der Waals surface area contributed by atoms with E-state index in [4.69, 9.17) is 4.74 Å². The van der Waals surface area contributed by atoms with Gasteiger partial charge < -0.3 is 9.30 Å². The summed E-state index contributed by atoms with van der Waals surface area (Å²) < 4.78 is 33.7. The van der Waals surface area contributed by atoms with Crippen LogP contribution in [0.4, 0.5) is 0 Å². The van der Waals surface area contributed by atoms with Crippen LogP contribution in [0.5, 0.6) is 5.75 Å². The fourth-order valence-electron chi connectivity index (χ4n) is 3.14. The molecule has 1 aromatic heterocycles. The molecule has 142 valence electrons. The van der Waals surface area contributed by atoms with Crippen LogP contribution >= 0.6 is 0 Å². The van der Waals surface area contributed by atoms with E-state index in [1.807, 2.05) is 84.9 Å². The molecule has 0 aliphatic carbocycles. The van der Waals surface area contributed by atoms with Gasteiger partial charge >= 0.3 is 0 Å². The number of hydrogen-bond acceptors (Lipinski definition) is 4. The summed E-state index contributed by atoms with van der Waals surface area (Å²) in [5.74, 6) is 0.664. The van der Waals surface area contributed by atoms with Crippen LogP contribution in [-0.2, 0) is 22.1 Å². The Bertz CT molecular complexity index is 1170. The molecule has 0 unspecified atom stereocenters. The van der Waals surface area contributed by atoms with Crippen molar-refractivity contribution in [3.05, 3.63) is 90.5 Å². The van der Waals surface area contributed by atoms with Gasteiger partial charge in [-0.1, -0.05) is 60.7 Å². The Hall–Kier alpha value is -3.12. The van der Waals surface area contributed by atoms with Crippen LogP contribution in [0.25, 0.3) is 11.0 Å². The molecular weight excluding hydrogens is 372 g/mol. The monoisotopic (exact) mass is 392 g/mol. The third kappa shape index (κ3) is 3.92. The van der Waals surface area contributed by atoms with Crippen LogP contribution in [0.15, 0.2) is 90.1 Å². The quantitative estimate of drug-likeness (QED) is 0.475. The maximum absolute atomic E-state index is 13.1. The third-order valence-electron chi connectivity index (χ3n) is 4.42. The minimum absolute atomic E-state index is 0.0780. The van der Waals surface area contributed by atoms with Gasteiger partial charge in [-0.2, -0.15) is 0 Å². The fraction of sp³-hybridized carbons (Fsp3) is 0.136. The zero-order chi connectivity index (χ0) is 19.4. The first kappa shape index (κ1) is 18.3. The van der Waals surface area contributed by atoms with Crippen LogP contribution in [0.2, 0.25) is 0 Å². The van der Waals surface area contributed by atoms with Crippen molar-refractivity contribution in [2.75, 3.05) is 6.61 Å². The Balaban J connectivity index is 1.65. The van der Waals surface area contributed by atoms with E-state index in [9.17, 15) is 8.42 Å². The van der Waals surface area contributed by atoms with Crippen molar-refractivity contribution in [3.8, 4) is 5.75 Å². The van der Waals surface area contributed by atoms with E-state index in [0.29, 0.717) is 18.7 Å². The van der Waals surface area contributed by atoms with Crippen molar-refractivity contribution in [2.24, 2.45) is 0 Å². The van der Waals surface area contributed by atoms with Crippen LogP contribution in [0, 0.1) is 0 Å². The number of para-hydroxylation sites is 3. The van der Waals surface area contributed by atoms with Gasteiger partial charge in [-0.05, 0) is 29.8 Å².